The molecule has 1 fully saturated rings. The maximum Gasteiger partial charge on any atom is 0.162 e. The van der Waals surface area contributed by atoms with Gasteiger partial charge in [-0.05, 0) is 54.5 Å². The molecule has 1 saturated carbocycles. The first-order valence-corrected chi connectivity index (χ1v) is 8.41. The largest absolute Gasteiger partial charge is 0.370 e. The van der Waals surface area contributed by atoms with Gasteiger partial charge < -0.3 is 4.74 Å². The summed E-state index contributed by atoms with van der Waals surface area (Å²) in [7, 11) is 0. The molecule has 106 valence electrons. The molecule has 1 atom stereocenters. The van der Waals surface area contributed by atoms with Crippen molar-refractivity contribution in [2.24, 2.45) is 5.92 Å². The van der Waals surface area contributed by atoms with E-state index in [1.165, 1.54) is 24.8 Å². The Kier molecular flexibility index (Phi) is 6.05. The van der Waals surface area contributed by atoms with Crippen molar-refractivity contribution >= 4 is 17.1 Å². The Balaban J connectivity index is 1.87. The van der Waals surface area contributed by atoms with Crippen LogP contribution in [0.4, 0.5) is 0 Å². The van der Waals surface area contributed by atoms with E-state index in [9.17, 15) is 4.79 Å². The number of hydrogen-bond donors (Lipinski definition) is 0. The third-order valence-corrected chi connectivity index (χ3v) is 4.71. The number of carbonyl (C=O) groups is 1. The van der Waals surface area contributed by atoms with E-state index in [0.717, 1.165) is 19.3 Å². The lowest BCUT2D eigenvalue weighted by molar-refractivity contribution is -0.134. The summed E-state index contributed by atoms with van der Waals surface area (Å²) in [4.78, 5) is 12.4. The number of aryl methyl sites for hydroxylation is 1. The fraction of sp³-hybridized carbons (Fsp3) is 0.688. The van der Waals surface area contributed by atoms with E-state index in [1.807, 2.05) is 6.92 Å². The zero-order valence-electron chi connectivity index (χ0n) is 11.8. The summed E-state index contributed by atoms with van der Waals surface area (Å²) < 4.78 is 5.77. The van der Waals surface area contributed by atoms with Crippen molar-refractivity contribution < 1.29 is 9.53 Å². The van der Waals surface area contributed by atoms with Crippen LogP contribution in [0.5, 0.6) is 0 Å². The Morgan fingerprint density at radius 1 is 1.42 bits per heavy atom. The summed E-state index contributed by atoms with van der Waals surface area (Å²) in [5.41, 5.74) is 1.28. The van der Waals surface area contributed by atoms with Crippen LogP contribution in [0.1, 0.15) is 51.0 Å². The fourth-order valence-corrected chi connectivity index (χ4v) is 3.66. The number of ether oxygens (including phenoxy) is 1. The van der Waals surface area contributed by atoms with E-state index >= 15 is 0 Å². The molecule has 0 saturated heterocycles. The Morgan fingerprint density at radius 3 is 2.84 bits per heavy atom. The van der Waals surface area contributed by atoms with Crippen molar-refractivity contribution in [3.63, 3.8) is 0 Å². The molecule has 1 aromatic rings. The molecule has 1 aromatic heterocycles. The second-order valence-electron chi connectivity index (χ2n) is 5.37. The normalized spacial score (nSPS) is 18.4. The molecule has 3 heteroatoms. The third kappa shape index (κ3) is 4.43. The van der Waals surface area contributed by atoms with E-state index in [1.54, 1.807) is 11.3 Å². The molecule has 2 rings (SSSR count). The zero-order chi connectivity index (χ0) is 13.5. The molecule has 0 aliphatic heterocycles. The van der Waals surface area contributed by atoms with Gasteiger partial charge in [0.05, 0.1) is 0 Å². The van der Waals surface area contributed by atoms with Crippen LogP contribution in [0.15, 0.2) is 16.8 Å². The van der Waals surface area contributed by atoms with E-state index in [-0.39, 0.29) is 6.10 Å². The molecule has 0 radical (unpaired) electrons. The van der Waals surface area contributed by atoms with Gasteiger partial charge in [-0.15, -0.1) is 0 Å². The summed E-state index contributed by atoms with van der Waals surface area (Å²) in [6.45, 7) is 2.63. The molecule has 0 amide bonds. The number of rotatable bonds is 7. The molecule has 19 heavy (non-hydrogen) atoms. The maximum absolute atomic E-state index is 12.4. The number of carbonyl (C=O) groups excluding carboxylic acids is 1. The van der Waals surface area contributed by atoms with Crippen LogP contribution in [-0.2, 0) is 16.0 Å². The number of hydrogen-bond acceptors (Lipinski definition) is 3. The van der Waals surface area contributed by atoms with E-state index in [4.69, 9.17) is 4.74 Å². The van der Waals surface area contributed by atoms with Crippen molar-refractivity contribution in [1.82, 2.24) is 0 Å². The molecular formula is C16H24O2S. The van der Waals surface area contributed by atoms with Gasteiger partial charge in [-0.3, -0.25) is 4.79 Å². The van der Waals surface area contributed by atoms with Gasteiger partial charge in [-0.2, -0.15) is 11.3 Å². The molecule has 0 spiro atoms. The molecule has 1 unspecified atom stereocenters. The summed E-state index contributed by atoms with van der Waals surface area (Å²) in [5.74, 6) is 0.767. The molecule has 1 heterocycles. The SMILES string of the molecule is CCOC(C(=O)CCc1ccsc1)C1CCCCC1. The van der Waals surface area contributed by atoms with E-state index < -0.39 is 0 Å². The van der Waals surface area contributed by atoms with Gasteiger partial charge in [0.15, 0.2) is 5.78 Å². The predicted octanol–water partition coefficient (Wildman–Crippen LogP) is 4.24. The van der Waals surface area contributed by atoms with Crippen molar-refractivity contribution in [2.75, 3.05) is 6.61 Å². The highest BCUT2D eigenvalue weighted by Crippen LogP contribution is 2.29. The molecule has 0 bridgehead atoms. The Bertz CT molecular complexity index is 366. The van der Waals surface area contributed by atoms with Crippen molar-refractivity contribution in [3.8, 4) is 0 Å². The van der Waals surface area contributed by atoms with Gasteiger partial charge in [-0.1, -0.05) is 19.3 Å². The number of thiophene rings is 1. The first kappa shape index (κ1) is 14.7. The summed E-state index contributed by atoms with van der Waals surface area (Å²) in [6, 6.07) is 2.11. The summed E-state index contributed by atoms with van der Waals surface area (Å²) >= 11 is 1.70. The van der Waals surface area contributed by atoms with Crippen LogP contribution >= 0.6 is 11.3 Å². The smallest absolute Gasteiger partial charge is 0.162 e. The van der Waals surface area contributed by atoms with Crippen LogP contribution in [0.3, 0.4) is 0 Å². The summed E-state index contributed by atoms with van der Waals surface area (Å²) in [5, 5.41) is 4.20. The third-order valence-electron chi connectivity index (χ3n) is 3.98. The Hall–Kier alpha value is -0.670. The van der Waals surface area contributed by atoms with E-state index in [0.29, 0.717) is 24.7 Å². The average Bonchev–Trinajstić information content (AvgIpc) is 2.96. The standard InChI is InChI=1S/C16H24O2S/c1-2-18-16(14-6-4-3-5-7-14)15(17)9-8-13-10-11-19-12-13/h10-12,14,16H,2-9H2,1H3. The van der Waals surface area contributed by atoms with Gasteiger partial charge >= 0.3 is 0 Å². The van der Waals surface area contributed by atoms with Gasteiger partial charge in [0, 0.05) is 13.0 Å². The highest BCUT2D eigenvalue weighted by Gasteiger charge is 2.29. The van der Waals surface area contributed by atoms with Gasteiger partial charge in [0.1, 0.15) is 6.10 Å². The fourth-order valence-electron chi connectivity index (χ4n) is 2.95. The van der Waals surface area contributed by atoms with E-state index in [2.05, 4.69) is 16.8 Å². The Morgan fingerprint density at radius 2 is 2.21 bits per heavy atom. The summed E-state index contributed by atoms with van der Waals surface area (Å²) in [6.07, 6.45) is 7.49. The maximum atomic E-state index is 12.4. The minimum Gasteiger partial charge on any atom is -0.370 e. The molecule has 1 aliphatic rings. The van der Waals surface area contributed by atoms with Crippen molar-refractivity contribution in [1.29, 1.82) is 0 Å². The quantitative estimate of drug-likeness (QED) is 0.747. The second-order valence-corrected chi connectivity index (χ2v) is 6.15. The number of ketones is 1. The highest BCUT2D eigenvalue weighted by molar-refractivity contribution is 7.07. The van der Waals surface area contributed by atoms with Crippen LogP contribution in [0.25, 0.3) is 0 Å². The van der Waals surface area contributed by atoms with Crippen LogP contribution in [0.2, 0.25) is 0 Å². The van der Waals surface area contributed by atoms with Crippen molar-refractivity contribution in [2.45, 2.75) is 58.0 Å². The van der Waals surface area contributed by atoms with Crippen LogP contribution in [0, 0.1) is 5.92 Å². The first-order chi connectivity index (χ1) is 9.31. The minimum absolute atomic E-state index is 0.149. The van der Waals surface area contributed by atoms with Gasteiger partial charge in [0.2, 0.25) is 0 Å². The lowest BCUT2D eigenvalue weighted by atomic mass is 9.83. The molecule has 0 N–H and O–H groups in total. The first-order valence-electron chi connectivity index (χ1n) is 7.46. The monoisotopic (exact) mass is 280 g/mol. The number of Topliss-reactive ketones (excluding diaryl/α,β-unsaturated/α-hetero) is 1. The Labute approximate surface area is 120 Å². The van der Waals surface area contributed by atoms with Crippen LogP contribution < -0.4 is 0 Å². The topological polar surface area (TPSA) is 26.3 Å². The zero-order valence-corrected chi connectivity index (χ0v) is 12.6. The average molecular weight is 280 g/mol. The molecule has 1 aliphatic carbocycles. The second kappa shape index (κ2) is 7.81. The molecular weight excluding hydrogens is 256 g/mol. The van der Waals surface area contributed by atoms with Gasteiger partial charge in [-0.25, -0.2) is 0 Å². The molecule has 0 aromatic carbocycles. The lowest BCUT2D eigenvalue weighted by Crippen LogP contribution is -2.34. The highest BCUT2D eigenvalue weighted by atomic mass is 32.1. The van der Waals surface area contributed by atoms with Gasteiger partial charge in [0.25, 0.3) is 0 Å². The lowest BCUT2D eigenvalue weighted by Gasteiger charge is -2.29. The van der Waals surface area contributed by atoms with Crippen molar-refractivity contribution in [3.05, 3.63) is 22.4 Å². The predicted molar refractivity (Wildman–Crippen MR) is 79.6 cm³/mol. The molecule has 2 nitrogen and oxygen atoms in total. The minimum atomic E-state index is -0.149. The van der Waals surface area contributed by atoms with Crippen LogP contribution in [-0.4, -0.2) is 18.5 Å².